The molecule has 0 aromatic carbocycles. The van der Waals surface area contributed by atoms with E-state index in [0.717, 1.165) is 0 Å². The molecule has 0 spiro atoms. The Balaban J connectivity index is 2.19. The molecular formula is C8H11F3N2O3. The van der Waals surface area contributed by atoms with Gasteiger partial charge in [0.05, 0.1) is 6.42 Å². The number of nitrogens with two attached hydrogens (primary N) is 1. The van der Waals surface area contributed by atoms with Crippen LogP contribution in [0.4, 0.5) is 13.2 Å². The van der Waals surface area contributed by atoms with Crippen molar-refractivity contribution in [2.45, 2.75) is 18.6 Å². The number of likely N-dealkylation sites (tertiary alicyclic amines) is 1. The summed E-state index contributed by atoms with van der Waals surface area (Å²) in [4.78, 5) is 22.9. The van der Waals surface area contributed by atoms with Gasteiger partial charge in [-0.1, -0.05) is 0 Å². The van der Waals surface area contributed by atoms with E-state index >= 15 is 0 Å². The summed E-state index contributed by atoms with van der Waals surface area (Å²) in [5.74, 6) is -3.65. The minimum atomic E-state index is -5.13. The van der Waals surface area contributed by atoms with Gasteiger partial charge in [-0.15, -0.1) is 0 Å². The predicted molar refractivity (Wildman–Crippen MR) is 46.2 cm³/mol. The van der Waals surface area contributed by atoms with Crippen molar-refractivity contribution >= 4 is 11.9 Å². The lowest BCUT2D eigenvalue weighted by Gasteiger charge is -2.36. The highest BCUT2D eigenvalue weighted by Crippen LogP contribution is 2.17. The molecule has 16 heavy (non-hydrogen) atoms. The molecular weight excluding hydrogens is 229 g/mol. The minimum Gasteiger partial charge on any atom is -0.386 e. The summed E-state index contributed by atoms with van der Waals surface area (Å²) in [7, 11) is 0. The molecule has 1 aliphatic heterocycles. The number of rotatable bonds is 3. The zero-order valence-electron chi connectivity index (χ0n) is 8.29. The van der Waals surface area contributed by atoms with Crippen LogP contribution >= 0.6 is 0 Å². The molecule has 1 aliphatic rings. The zero-order chi connectivity index (χ0) is 12.3. The van der Waals surface area contributed by atoms with Crippen LogP contribution in [0.3, 0.4) is 0 Å². The van der Waals surface area contributed by atoms with E-state index in [1.165, 1.54) is 0 Å². The molecule has 0 atom stereocenters. The topological polar surface area (TPSA) is 72.6 Å². The molecule has 0 unspecified atom stereocenters. The molecule has 0 bridgehead atoms. The van der Waals surface area contributed by atoms with Crippen molar-refractivity contribution in [3.05, 3.63) is 0 Å². The first kappa shape index (κ1) is 12.9. The van der Waals surface area contributed by atoms with Crippen LogP contribution in [0.1, 0.15) is 6.42 Å². The third-order valence-electron chi connectivity index (χ3n) is 2.06. The lowest BCUT2D eigenvalue weighted by Crippen LogP contribution is -2.55. The van der Waals surface area contributed by atoms with E-state index in [2.05, 4.69) is 4.74 Å². The highest BCUT2D eigenvalue weighted by atomic mass is 19.4. The SMILES string of the molecule is NC1CN(CCC(=O)OC(=O)C(F)(F)F)C1. The van der Waals surface area contributed by atoms with Crippen LogP contribution in [-0.2, 0) is 14.3 Å². The quantitative estimate of drug-likeness (QED) is 0.539. The molecule has 92 valence electrons. The maximum Gasteiger partial charge on any atom is 0.491 e. The monoisotopic (exact) mass is 240 g/mol. The Morgan fingerprint density at radius 2 is 1.94 bits per heavy atom. The van der Waals surface area contributed by atoms with Crippen LogP contribution in [0, 0.1) is 0 Å². The number of halogens is 3. The molecule has 5 nitrogen and oxygen atoms in total. The molecule has 1 heterocycles. The molecule has 0 radical (unpaired) electrons. The first-order valence-electron chi connectivity index (χ1n) is 4.59. The molecule has 1 rings (SSSR count). The smallest absolute Gasteiger partial charge is 0.386 e. The molecule has 8 heteroatoms. The Morgan fingerprint density at radius 1 is 1.38 bits per heavy atom. The van der Waals surface area contributed by atoms with Gasteiger partial charge in [-0.25, -0.2) is 4.79 Å². The summed E-state index contributed by atoms with van der Waals surface area (Å²) in [6.45, 7) is 1.44. The van der Waals surface area contributed by atoms with E-state index in [9.17, 15) is 22.8 Å². The summed E-state index contributed by atoms with van der Waals surface area (Å²) >= 11 is 0. The number of hydrogen-bond donors (Lipinski definition) is 1. The number of hydrogen-bond acceptors (Lipinski definition) is 5. The summed E-state index contributed by atoms with van der Waals surface area (Å²) in [5.41, 5.74) is 5.45. The average Bonchev–Trinajstić information content (AvgIpc) is 2.08. The Labute approximate surface area is 89.3 Å². The number of alkyl halides is 3. The summed E-state index contributed by atoms with van der Waals surface area (Å²) < 4.78 is 38.6. The van der Waals surface area contributed by atoms with Crippen molar-refractivity contribution in [2.24, 2.45) is 5.73 Å². The first-order valence-corrected chi connectivity index (χ1v) is 4.59. The number of carbonyl (C=O) groups excluding carboxylic acids is 2. The summed E-state index contributed by atoms with van der Waals surface area (Å²) in [5, 5.41) is 0. The van der Waals surface area contributed by atoms with Crippen molar-refractivity contribution in [1.29, 1.82) is 0 Å². The van der Waals surface area contributed by atoms with Crippen LogP contribution in [-0.4, -0.2) is 48.7 Å². The Morgan fingerprint density at radius 3 is 2.38 bits per heavy atom. The van der Waals surface area contributed by atoms with E-state index in [1.807, 2.05) is 0 Å². The van der Waals surface area contributed by atoms with Gasteiger partial charge < -0.3 is 10.5 Å². The second-order valence-corrected chi connectivity index (χ2v) is 3.53. The fourth-order valence-corrected chi connectivity index (χ4v) is 1.25. The Kier molecular flexibility index (Phi) is 3.87. The average molecular weight is 240 g/mol. The zero-order valence-corrected chi connectivity index (χ0v) is 8.29. The van der Waals surface area contributed by atoms with Gasteiger partial charge in [-0.2, -0.15) is 13.2 Å². The van der Waals surface area contributed by atoms with Crippen molar-refractivity contribution < 1.29 is 27.5 Å². The van der Waals surface area contributed by atoms with Crippen LogP contribution in [0.2, 0.25) is 0 Å². The van der Waals surface area contributed by atoms with E-state index in [0.29, 0.717) is 13.1 Å². The maximum atomic E-state index is 11.7. The van der Waals surface area contributed by atoms with Crippen molar-refractivity contribution in [3.8, 4) is 0 Å². The van der Waals surface area contributed by atoms with Gasteiger partial charge in [0.15, 0.2) is 0 Å². The highest BCUT2D eigenvalue weighted by molar-refractivity contribution is 5.88. The minimum absolute atomic E-state index is 0.0489. The molecule has 2 N–H and O–H groups in total. The predicted octanol–water partition coefficient (Wildman–Crippen LogP) is -0.348. The standard InChI is InChI=1S/C8H11F3N2O3/c9-8(10,11)7(15)16-6(14)1-2-13-3-5(12)4-13/h5H,1-4,12H2. The Hall–Kier alpha value is -1.15. The number of nitrogens with zero attached hydrogens (tertiary/aromatic N) is 1. The van der Waals surface area contributed by atoms with Gasteiger partial charge in [0.25, 0.3) is 0 Å². The maximum absolute atomic E-state index is 11.7. The first-order chi connectivity index (χ1) is 7.29. The summed E-state index contributed by atoms with van der Waals surface area (Å²) in [6.07, 6.45) is -5.39. The van der Waals surface area contributed by atoms with E-state index in [4.69, 9.17) is 5.73 Å². The summed E-state index contributed by atoms with van der Waals surface area (Å²) in [6, 6.07) is 0.0489. The van der Waals surface area contributed by atoms with E-state index < -0.39 is 18.1 Å². The normalized spacial score (nSPS) is 18.0. The molecule has 0 saturated carbocycles. The van der Waals surface area contributed by atoms with Gasteiger partial charge in [-0.05, 0) is 0 Å². The van der Waals surface area contributed by atoms with Gasteiger partial charge in [0.2, 0.25) is 0 Å². The van der Waals surface area contributed by atoms with E-state index in [-0.39, 0.29) is 19.0 Å². The van der Waals surface area contributed by atoms with Crippen molar-refractivity contribution in [3.63, 3.8) is 0 Å². The second kappa shape index (κ2) is 4.79. The number of esters is 2. The fourth-order valence-electron chi connectivity index (χ4n) is 1.25. The van der Waals surface area contributed by atoms with E-state index in [1.54, 1.807) is 4.90 Å². The van der Waals surface area contributed by atoms with Crippen LogP contribution in [0.25, 0.3) is 0 Å². The molecule has 1 saturated heterocycles. The highest BCUT2D eigenvalue weighted by Gasteiger charge is 2.42. The number of carbonyl (C=O) groups is 2. The van der Waals surface area contributed by atoms with Crippen LogP contribution < -0.4 is 5.73 Å². The van der Waals surface area contributed by atoms with Crippen LogP contribution in [0.5, 0.6) is 0 Å². The molecule has 0 aromatic heterocycles. The van der Waals surface area contributed by atoms with Gasteiger partial charge in [-0.3, -0.25) is 9.69 Å². The van der Waals surface area contributed by atoms with Gasteiger partial charge in [0.1, 0.15) is 0 Å². The van der Waals surface area contributed by atoms with Gasteiger partial charge in [0, 0.05) is 25.7 Å². The Bertz CT molecular complexity index is 287. The molecule has 0 amide bonds. The lowest BCUT2D eigenvalue weighted by molar-refractivity contribution is -0.202. The molecule has 1 fully saturated rings. The van der Waals surface area contributed by atoms with Crippen molar-refractivity contribution in [2.75, 3.05) is 19.6 Å². The largest absolute Gasteiger partial charge is 0.491 e. The second-order valence-electron chi connectivity index (χ2n) is 3.53. The molecule has 0 aromatic rings. The van der Waals surface area contributed by atoms with Crippen LogP contribution in [0.15, 0.2) is 0 Å². The number of ether oxygens (including phenoxy) is 1. The van der Waals surface area contributed by atoms with Gasteiger partial charge >= 0.3 is 18.1 Å². The third kappa shape index (κ3) is 3.78. The third-order valence-corrected chi connectivity index (χ3v) is 2.06. The molecule has 0 aliphatic carbocycles. The fraction of sp³-hybridized carbons (Fsp3) is 0.750. The van der Waals surface area contributed by atoms with Crippen molar-refractivity contribution in [1.82, 2.24) is 4.90 Å². The lowest BCUT2D eigenvalue weighted by atomic mass is 10.1.